The Bertz CT molecular complexity index is 436. The van der Waals surface area contributed by atoms with Crippen molar-refractivity contribution in [3.63, 3.8) is 0 Å². The lowest BCUT2D eigenvalue weighted by Crippen LogP contribution is -2.49. The first-order valence-corrected chi connectivity index (χ1v) is 6.91. The second-order valence-corrected chi connectivity index (χ2v) is 5.96. The monoisotopic (exact) mass is 278 g/mol. The average Bonchev–Trinajstić information content (AvgIpc) is 2.39. The molecule has 1 aromatic rings. The first-order chi connectivity index (χ1) is 9.44. The molecular weight excluding hydrogens is 256 g/mol. The van der Waals surface area contributed by atoms with Gasteiger partial charge in [-0.3, -0.25) is 4.90 Å². The van der Waals surface area contributed by atoms with Gasteiger partial charge in [0.05, 0.1) is 5.69 Å². The Hall–Kier alpha value is -1.69. The molecule has 0 aliphatic carbocycles. The maximum atomic E-state index is 11.9. The first kappa shape index (κ1) is 14.7. The minimum absolute atomic E-state index is 0.225. The number of aromatic nitrogens is 2. The van der Waals surface area contributed by atoms with Crippen molar-refractivity contribution in [3.8, 4) is 0 Å². The maximum Gasteiger partial charge on any atom is 0.410 e. The summed E-state index contributed by atoms with van der Waals surface area (Å²) < 4.78 is 5.38. The number of carbonyl (C=O) groups excluding carboxylic acids is 1. The molecule has 1 aliphatic heterocycles. The summed E-state index contributed by atoms with van der Waals surface area (Å²) in [6.07, 6.45) is 1.45. The molecule has 1 aromatic heterocycles. The van der Waals surface area contributed by atoms with E-state index in [1.165, 1.54) is 0 Å². The quantitative estimate of drug-likeness (QED) is 0.821. The molecule has 0 unspecified atom stereocenters. The molecule has 110 valence electrons. The third-order valence-electron chi connectivity index (χ3n) is 3.04. The normalized spacial score (nSPS) is 17.1. The van der Waals surface area contributed by atoms with Gasteiger partial charge in [-0.15, -0.1) is 0 Å². The van der Waals surface area contributed by atoms with Gasteiger partial charge in [0.25, 0.3) is 0 Å². The largest absolute Gasteiger partial charge is 0.444 e. The number of rotatable bonds is 2. The van der Waals surface area contributed by atoms with Crippen molar-refractivity contribution in [1.29, 1.82) is 0 Å². The number of nitrogens with zero attached hydrogens (tertiary/aromatic N) is 4. The zero-order valence-electron chi connectivity index (χ0n) is 12.4. The summed E-state index contributed by atoms with van der Waals surface area (Å²) in [5.74, 6) is 0. The molecule has 1 amide bonds. The Balaban J connectivity index is 1.79. The van der Waals surface area contributed by atoms with Gasteiger partial charge in [0.2, 0.25) is 0 Å². The van der Waals surface area contributed by atoms with Crippen LogP contribution in [-0.2, 0) is 11.3 Å². The van der Waals surface area contributed by atoms with Crippen LogP contribution in [0.3, 0.4) is 0 Å². The van der Waals surface area contributed by atoms with E-state index in [9.17, 15) is 4.79 Å². The molecule has 1 saturated heterocycles. The van der Waals surface area contributed by atoms with Crippen LogP contribution in [0, 0.1) is 0 Å². The van der Waals surface area contributed by atoms with Crippen molar-refractivity contribution in [2.45, 2.75) is 32.9 Å². The van der Waals surface area contributed by atoms with Gasteiger partial charge in [0, 0.05) is 38.9 Å². The van der Waals surface area contributed by atoms with Crippen LogP contribution in [0.15, 0.2) is 18.3 Å². The summed E-state index contributed by atoms with van der Waals surface area (Å²) >= 11 is 0. The van der Waals surface area contributed by atoms with Crippen molar-refractivity contribution < 1.29 is 9.53 Å². The summed E-state index contributed by atoms with van der Waals surface area (Å²) in [6.45, 7) is 9.46. The van der Waals surface area contributed by atoms with Gasteiger partial charge >= 0.3 is 6.09 Å². The molecule has 0 atom stereocenters. The number of piperazine rings is 1. The number of ether oxygens (including phenoxy) is 1. The molecule has 0 N–H and O–H groups in total. The predicted octanol–water partition coefficient (Wildman–Crippen LogP) is 1.53. The van der Waals surface area contributed by atoms with Crippen molar-refractivity contribution >= 4 is 6.09 Å². The van der Waals surface area contributed by atoms with Gasteiger partial charge in [0.15, 0.2) is 0 Å². The van der Waals surface area contributed by atoms with Gasteiger partial charge in [0.1, 0.15) is 5.60 Å². The van der Waals surface area contributed by atoms with E-state index < -0.39 is 5.60 Å². The zero-order chi connectivity index (χ0) is 14.6. The van der Waals surface area contributed by atoms with E-state index in [4.69, 9.17) is 4.74 Å². The molecule has 2 rings (SSSR count). The minimum Gasteiger partial charge on any atom is -0.444 e. The second kappa shape index (κ2) is 6.17. The van der Waals surface area contributed by atoms with Crippen molar-refractivity contribution in [2.24, 2.45) is 0 Å². The first-order valence-electron chi connectivity index (χ1n) is 6.91. The minimum atomic E-state index is -0.437. The van der Waals surface area contributed by atoms with Crippen LogP contribution in [0.25, 0.3) is 0 Å². The van der Waals surface area contributed by atoms with E-state index in [0.717, 1.165) is 25.3 Å². The molecule has 0 bridgehead atoms. The fourth-order valence-electron chi connectivity index (χ4n) is 2.06. The summed E-state index contributed by atoms with van der Waals surface area (Å²) in [5.41, 5.74) is 0.520. The van der Waals surface area contributed by atoms with Crippen LogP contribution < -0.4 is 0 Å². The smallest absolute Gasteiger partial charge is 0.410 e. The predicted molar refractivity (Wildman–Crippen MR) is 75.1 cm³/mol. The fourth-order valence-corrected chi connectivity index (χ4v) is 2.06. The molecule has 2 heterocycles. The Morgan fingerprint density at radius 1 is 1.30 bits per heavy atom. The third kappa shape index (κ3) is 4.45. The summed E-state index contributed by atoms with van der Waals surface area (Å²) in [5, 5.41) is 7.95. The van der Waals surface area contributed by atoms with E-state index in [-0.39, 0.29) is 6.09 Å². The SMILES string of the molecule is CC(C)(C)OC(=O)N1CCN(Cc2cccnn2)CC1. The van der Waals surface area contributed by atoms with Crippen molar-refractivity contribution in [1.82, 2.24) is 20.0 Å². The number of carbonyl (C=O) groups is 1. The third-order valence-corrected chi connectivity index (χ3v) is 3.04. The molecule has 0 saturated carbocycles. The second-order valence-electron chi connectivity index (χ2n) is 5.96. The number of hydrogen-bond acceptors (Lipinski definition) is 5. The Morgan fingerprint density at radius 3 is 2.55 bits per heavy atom. The van der Waals surface area contributed by atoms with Gasteiger partial charge in [-0.1, -0.05) is 0 Å². The van der Waals surface area contributed by atoms with Crippen LogP contribution in [0.1, 0.15) is 26.5 Å². The number of hydrogen-bond donors (Lipinski definition) is 0. The molecule has 20 heavy (non-hydrogen) atoms. The van der Waals surface area contributed by atoms with Crippen LogP contribution in [-0.4, -0.2) is 57.9 Å². The van der Waals surface area contributed by atoms with Crippen LogP contribution in [0.4, 0.5) is 4.79 Å². The Kier molecular flexibility index (Phi) is 4.54. The molecule has 6 heteroatoms. The molecule has 6 nitrogen and oxygen atoms in total. The van der Waals surface area contributed by atoms with Crippen LogP contribution >= 0.6 is 0 Å². The van der Waals surface area contributed by atoms with E-state index in [1.54, 1.807) is 11.1 Å². The maximum absolute atomic E-state index is 11.9. The van der Waals surface area contributed by atoms with Gasteiger partial charge < -0.3 is 9.64 Å². The Morgan fingerprint density at radius 2 is 2.00 bits per heavy atom. The van der Waals surface area contributed by atoms with Gasteiger partial charge in [-0.05, 0) is 32.9 Å². The standard InChI is InChI=1S/C14H22N4O2/c1-14(2,3)20-13(19)18-9-7-17(8-10-18)11-12-5-4-6-15-16-12/h4-6H,7-11H2,1-3H3. The molecule has 0 radical (unpaired) electrons. The molecule has 0 spiro atoms. The lowest BCUT2D eigenvalue weighted by Gasteiger charge is -2.35. The summed E-state index contributed by atoms with van der Waals surface area (Å²) in [6, 6.07) is 3.85. The lowest BCUT2D eigenvalue weighted by molar-refractivity contribution is 0.0138. The molecule has 0 aromatic carbocycles. The highest BCUT2D eigenvalue weighted by Gasteiger charge is 2.25. The number of amides is 1. The highest BCUT2D eigenvalue weighted by Crippen LogP contribution is 2.12. The van der Waals surface area contributed by atoms with Crippen molar-refractivity contribution in [2.75, 3.05) is 26.2 Å². The van der Waals surface area contributed by atoms with E-state index in [1.807, 2.05) is 32.9 Å². The summed E-state index contributed by atoms with van der Waals surface area (Å²) in [4.78, 5) is 16.0. The highest BCUT2D eigenvalue weighted by molar-refractivity contribution is 5.68. The van der Waals surface area contributed by atoms with Gasteiger partial charge in [-0.2, -0.15) is 10.2 Å². The highest BCUT2D eigenvalue weighted by atomic mass is 16.6. The van der Waals surface area contributed by atoms with Gasteiger partial charge in [-0.25, -0.2) is 4.79 Å². The van der Waals surface area contributed by atoms with E-state index >= 15 is 0 Å². The van der Waals surface area contributed by atoms with E-state index in [2.05, 4.69) is 15.1 Å². The summed E-state index contributed by atoms with van der Waals surface area (Å²) in [7, 11) is 0. The average molecular weight is 278 g/mol. The zero-order valence-corrected chi connectivity index (χ0v) is 12.4. The Labute approximate surface area is 119 Å². The molecule has 1 aliphatic rings. The molecular formula is C14H22N4O2. The lowest BCUT2D eigenvalue weighted by atomic mass is 10.2. The van der Waals surface area contributed by atoms with Crippen molar-refractivity contribution in [3.05, 3.63) is 24.0 Å². The van der Waals surface area contributed by atoms with E-state index in [0.29, 0.717) is 13.1 Å². The van der Waals surface area contributed by atoms with Crippen LogP contribution in [0.2, 0.25) is 0 Å². The topological polar surface area (TPSA) is 58.6 Å². The fraction of sp³-hybridized carbons (Fsp3) is 0.643. The molecule has 1 fully saturated rings. The van der Waals surface area contributed by atoms with Crippen LogP contribution in [0.5, 0.6) is 0 Å².